The Morgan fingerprint density at radius 3 is 1.36 bits per heavy atom. The lowest BCUT2D eigenvalue weighted by atomic mass is 10.1. The van der Waals surface area contributed by atoms with Crippen LogP contribution in [0.15, 0.2) is 24.3 Å². The van der Waals surface area contributed by atoms with Gasteiger partial charge in [-0.25, -0.2) is 0 Å². The fourth-order valence-electron chi connectivity index (χ4n) is 3.70. The second-order valence-corrected chi connectivity index (χ2v) is 9.52. The molecule has 0 rings (SSSR count). The Labute approximate surface area is 215 Å². The van der Waals surface area contributed by atoms with E-state index in [1.807, 2.05) is 0 Å². The summed E-state index contributed by atoms with van der Waals surface area (Å²) in [4.78, 5) is 0. The van der Waals surface area contributed by atoms with Gasteiger partial charge in [-0.1, -0.05) is 89.5 Å². The Morgan fingerprint density at radius 1 is 0.545 bits per heavy atom. The Balaban J connectivity index is 4.25. The van der Waals surface area contributed by atoms with E-state index < -0.39 is 0 Å². The highest BCUT2D eigenvalue weighted by Crippen LogP contribution is 2.16. The number of unbranched alkanes of at least 4 members (excludes halogenated alkanes) is 6. The van der Waals surface area contributed by atoms with Crippen molar-refractivity contribution in [1.29, 1.82) is 0 Å². The second-order valence-electron chi connectivity index (χ2n) is 8.77. The summed E-state index contributed by atoms with van der Waals surface area (Å²) in [7, 11) is 0. The van der Waals surface area contributed by atoms with Gasteiger partial charge in [0, 0.05) is 11.8 Å². The Bertz CT molecular complexity index is 391. The van der Waals surface area contributed by atoms with Crippen molar-refractivity contribution in [2.24, 2.45) is 0 Å². The first-order valence-corrected chi connectivity index (χ1v) is 14.6. The van der Waals surface area contributed by atoms with Crippen LogP contribution in [0.25, 0.3) is 0 Å². The number of ether oxygens (including phenoxy) is 3. The van der Waals surface area contributed by atoms with Crippen LogP contribution in [0, 0.1) is 0 Å². The lowest BCUT2D eigenvalue weighted by molar-refractivity contribution is -0.167. The largest absolute Gasteiger partial charge is 0.352 e. The van der Waals surface area contributed by atoms with Crippen LogP contribution in [0.5, 0.6) is 0 Å². The molecule has 0 saturated carbocycles. The van der Waals surface area contributed by atoms with Gasteiger partial charge in [0.25, 0.3) is 0 Å². The van der Waals surface area contributed by atoms with Crippen LogP contribution in [0.2, 0.25) is 0 Å². The maximum Gasteiger partial charge on any atom is 0.149 e. The maximum atomic E-state index is 6.06. The van der Waals surface area contributed by atoms with Crippen LogP contribution in [0.3, 0.4) is 0 Å². The molecule has 0 N–H and O–H groups in total. The fraction of sp³-hybridized carbons (Fsp3) is 0.857. The van der Waals surface area contributed by atoms with Gasteiger partial charge >= 0.3 is 0 Å². The van der Waals surface area contributed by atoms with E-state index in [2.05, 4.69) is 38.2 Å². The molecule has 2 atom stereocenters. The molecule has 0 fully saturated rings. The molecule has 0 aromatic carbocycles. The van der Waals surface area contributed by atoms with Crippen molar-refractivity contribution < 1.29 is 14.2 Å². The first-order valence-electron chi connectivity index (χ1n) is 13.5. The van der Waals surface area contributed by atoms with Crippen LogP contribution >= 0.6 is 23.2 Å². The molecule has 2 unspecified atom stereocenters. The third-order valence-corrected chi connectivity index (χ3v) is 6.17. The summed E-state index contributed by atoms with van der Waals surface area (Å²) in [5, 5.41) is 0. The molecule has 3 nitrogen and oxygen atoms in total. The molecule has 0 bridgehead atoms. The number of allylic oxidation sites excluding steroid dienone is 4. The van der Waals surface area contributed by atoms with E-state index in [9.17, 15) is 0 Å². The summed E-state index contributed by atoms with van der Waals surface area (Å²) < 4.78 is 17.9. The molecule has 0 heterocycles. The molecule has 0 radical (unpaired) electrons. The van der Waals surface area contributed by atoms with E-state index >= 15 is 0 Å². The zero-order chi connectivity index (χ0) is 24.2. The monoisotopic (exact) mass is 506 g/mol. The molecule has 33 heavy (non-hydrogen) atoms. The lowest BCUT2D eigenvalue weighted by Gasteiger charge is -2.20. The minimum Gasteiger partial charge on any atom is -0.352 e. The average Bonchev–Trinajstić information content (AvgIpc) is 2.82. The van der Waals surface area contributed by atoms with Crippen molar-refractivity contribution in [2.75, 3.05) is 25.3 Å². The van der Waals surface area contributed by atoms with Crippen molar-refractivity contribution in [2.45, 2.75) is 129 Å². The number of alkyl halides is 2. The van der Waals surface area contributed by atoms with E-state index in [1.54, 1.807) is 0 Å². The molecule has 0 aliphatic rings. The van der Waals surface area contributed by atoms with Gasteiger partial charge in [-0.2, -0.15) is 0 Å². The summed E-state index contributed by atoms with van der Waals surface area (Å²) in [6.45, 7) is 5.11. The van der Waals surface area contributed by atoms with Gasteiger partial charge in [-0.3, -0.25) is 0 Å². The smallest absolute Gasteiger partial charge is 0.149 e. The van der Waals surface area contributed by atoms with Gasteiger partial charge < -0.3 is 14.2 Å². The van der Waals surface area contributed by atoms with Crippen molar-refractivity contribution in [3.8, 4) is 0 Å². The van der Waals surface area contributed by atoms with Crippen molar-refractivity contribution in [3.63, 3.8) is 0 Å². The molecule has 0 saturated heterocycles. The first kappa shape index (κ1) is 32.9. The van der Waals surface area contributed by atoms with Crippen LogP contribution < -0.4 is 0 Å². The molecule has 0 spiro atoms. The molecule has 5 heteroatoms. The molecule has 0 aliphatic carbocycles. The minimum absolute atomic E-state index is 0.249. The number of hydrogen-bond donors (Lipinski definition) is 0. The van der Waals surface area contributed by atoms with E-state index in [0.29, 0.717) is 25.3 Å². The zero-order valence-corrected chi connectivity index (χ0v) is 23.1. The highest BCUT2D eigenvalue weighted by Gasteiger charge is 2.10. The summed E-state index contributed by atoms with van der Waals surface area (Å²) in [5.41, 5.74) is 0. The summed E-state index contributed by atoms with van der Waals surface area (Å²) in [5.74, 6) is 1.37. The topological polar surface area (TPSA) is 27.7 Å². The Morgan fingerprint density at radius 2 is 0.970 bits per heavy atom. The molecule has 0 aliphatic heterocycles. The van der Waals surface area contributed by atoms with Crippen LogP contribution in [0.4, 0.5) is 0 Å². The molecule has 0 aromatic heterocycles. The number of hydrogen-bond acceptors (Lipinski definition) is 3. The zero-order valence-electron chi connectivity index (χ0n) is 21.6. The minimum atomic E-state index is 0.249. The predicted octanol–water partition coefficient (Wildman–Crippen LogP) is 9.56. The molecular weight excluding hydrogens is 455 g/mol. The average molecular weight is 508 g/mol. The highest BCUT2D eigenvalue weighted by atomic mass is 35.5. The second kappa shape index (κ2) is 28.2. The van der Waals surface area contributed by atoms with E-state index in [-0.39, 0.29) is 12.2 Å². The maximum absolute atomic E-state index is 6.06. The van der Waals surface area contributed by atoms with Crippen molar-refractivity contribution in [1.82, 2.24) is 0 Å². The predicted molar refractivity (Wildman–Crippen MR) is 146 cm³/mol. The quantitative estimate of drug-likeness (QED) is 0.0505. The Kier molecular flexibility index (Phi) is 28.1. The van der Waals surface area contributed by atoms with Gasteiger partial charge in [-0.15, -0.1) is 23.2 Å². The van der Waals surface area contributed by atoms with Crippen LogP contribution in [0.1, 0.15) is 117 Å². The summed E-state index contributed by atoms with van der Waals surface area (Å²) in [6, 6.07) is 0. The normalized spacial score (nSPS) is 13.9. The standard InChI is InChI=1S/C28H52Cl2O3/c1-3-5-7-13-19-27(21-15-9-11-17-23-29)32-25-31-26-33-28(20-14-8-6-4-2)22-16-10-12-18-24-30/h9-12,27-28H,3-8,13-26H2,1-2H3/b11-9+,12-10+. The third kappa shape index (κ3) is 24.9. The van der Waals surface area contributed by atoms with E-state index in [1.165, 1.54) is 51.4 Å². The van der Waals surface area contributed by atoms with Gasteiger partial charge in [0.1, 0.15) is 13.6 Å². The van der Waals surface area contributed by atoms with Gasteiger partial charge in [0.05, 0.1) is 12.2 Å². The van der Waals surface area contributed by atoms with E-state index in [0.717, 1.165) is 51.4 Å². The summed E-state index contributed by atoms with van der Waals surface area (Å²) in [6.07, 6.45) is 27.6. The fourth-order valence-corrected chi connectivity index (χ4v) is 3.96. The lowest BCUT2D eigenvalue weighted by Crippen LogP contribution is -2.19. The van der Waals surface area contributed by atoms with E-state index in [4.69, 9.17) is 37.4 Å². The third-order valence-electron chi connectivity index (χ3n) is 5.73. The highest BCUT2D eigenvalue weighted by molar-refractivity contribution is 6.18. The van der Waals surface area contributed by atoms with Crippen LogP contribution in [-0.4, -0.2) is 37.6 Å². The molecular formula is C28H52Cl2O3. The van der Waals surface area contributed by atoms with Gasteiger partial charge in [0.2, 0.25) is 0 Å². The molecule has 0 amide bonds. The number of rotatable bonds is 26. The Hall–Kier alpha value is -0.0600. The molecule has 196 valence electrons. The van der Waals surface area contributed by atoms with Crippen molar-refractivity contribution >= 4 is 23.2 Å². The first-order chi connectivity index (χ1) is 16.3. The molecule has 0 aromatic rings. The van der Waals surface area contributed by atoms with Crippen LogP contribution in [-0.2, 0) is 14.2 Å². The van der Waals surface area contributed by atoms with Gasteiger partial charge in [-0.05, 0) is 51.4 Å². The SMILES string of the molecule is CCCCCCC(CC/C=C/CCCl)OCOCOC(CC/C=C/CCCl)CCCCCC. The van der Waals surface area contributed by atoms with Crippen molar-refractivity contribution in [3.05, 3.63) is 24.3 Å². The summed E-state index contributed by atoms with van der Waals surface area (Å²) >= 11 is 11.5. The number of halogens is 2. The van der Waals surface area contributed by atoms with Gasteiger partial charge in [0.15, 0.2) is 0 Å².